The van der Waals surface area contributed by atoms with Gasteiger partial charge >= 0.3 is 0 Å². The second-order valence-electron chi connectivity index (χ2n) is 4.00. The van der Waals surface area contributed by atoms with Crippen molar-refractivity contribution in [3.63, 3.8) is 0 Å². The second kappa shape index (κ2) is 3.50. The molecule has 0 saturated carbocycles. The first kappa shape index (κ1) is 10.3. The summed E-state index contributed by atoms with van der Waals surface area (Å²) >= 11 is 5.79. The fraction of sp³-hybridized carbons (Fsp3) is 0.556. The van der Waals surface area contributed by atoms with Gasteiger partial charge < -0.3 is 5.32 Å². The number of nitrogens with one attached hydrogen (secondary N) is 1. The van der Waals surface area contributed by atoms with E-state index >= 15 is 0 Å². The molecule has 0 radical (unpaired) electrons. The van der Waals surface area contributed by atoms with Crippen LogP contribution in [0, 0.1) is 6.92 Å². The van der Waals surface area contributed by atoms with Crippen LogP contribution < -0.4 is 5.32 Å². The van der Waals surface area contributed by atoms with Crippen molar-refractivity contribution in [3.05, 3.63) is 17.0 Å². The minimum Gasteiger partial charge on any atom is -0.365 e. The molecule has 0 unspecified atom stereocenters. The quantitative estimate of drug-likeness (QED) is 0.707. The molecule has 0 amide bonds. The van der Waals surface area contributed by atoms with Crippen molar-refractivity contribution in [2.24, 2.45) is 0 Å². The number of rotatable bonds is 1. The van der Waals surface area contributed by atoms with Crippen LogP contribution in [0.15, 0.2) is 6.07 Å². The van der Waals surface area contributed by atoms with E-state index in [4.69, 9.17) is 11.6 Å². The molecule has 1 aromatic rings. The van der Waals surface area contributed by atoms with Gasteiger partial charge in [0.2, 0.25) is 0 Å². The number of aromatic nitrogens is 2. The van der Waals surface area contributed by atoms with E-state index in [-0.39, 0.29) is 5.54 Å². The summed E-state index contributed by atoms with van der Waals surface area (Å²) in [7, 11) is 0. The van der Waals surface area contributed by atoms with Gasteiger partial charge in [0, 0.05) is 11.6 Å². The van der Waals surface area contributed by atoms with E-state index in [1.807, 2.05) is 6.92 Å². The molecule has 1 aromatic heterocycles. The van der Waals surface area contributed by atoms with Gasteiger partial charge in [0.1, 0.15) is 16.8 Å². The van der Waals surface area contributed by atoms with E-state index in [1.54, 1.807) is 6.07 Å². The number of nitrogens with zero attached hydrogens (tertiary/aromatic N) is 2. The zero-order chi connectivity index (χ0) is 10.1. The molecule has 0 saturated heterocycles. The third-order valence-electron chi connectivity index (χ3n) is 1.31. The fourth-order valence-electron chi connectivity index (χ4n) is 0.980. The molecule has 0 aromatic carbocycles. The second-order valence-corrected chi connectivity index (χ2v) is 4.39. The normalized spacial score (nSPS) is 11.5. The summed E-state index contributed by atoms with van der Waals surface area (Å²) in [5.41, 5.74) is -0.00980. The average molecular weight is 200 g/mol. The highest BCUT2D eigenvalue weighted by Gasteiger charge is 2.10. The van der Waals surface area contributed by atoms with E-state index < -0.39 is 0 Å². The first-order valence-corrected chi connectivity index (χ1v) is 4.54. The predicted molar refractivity (Wildman–Crippen MR) is 55.2 cm³/mol. The van der Waals surface area contributed by atoms with Crippen LogP contribution in [0.2, 0.25) is 5.15 Å². The first-order chi connectivity index (χ1) is 5.87. The SMILES string of the molecule is Cc1nc(Cl)cc(NC(C)(C)C)n1. The zero-order valence-corrected chi connectivity index (χ0v) is 9.11. The van der Waals surface area contributed by atoms with Crippen LogP contribution in [0.5, 0.6) is 0 Å². The van der Waals surface area contributed by atoms with Gasteiger partial charge in [-0.15, -0.1) is 0 Å². The Hall–Kier alpha value is -0.830. The molecule has 0 atom stereocenters. The van der Waals surface area contributed by atoms with Crippen molar-refractivity contribution >= 4 is 17.4 Å². The van der Waals surface area contributed by atoms with Crippen molar-refractivity contribution in [3.8, 4) is 0 Å². The summed E-state index contributed by atoms with van der Waals surface area (Å²) in [4.78, 5) is 8.19. The molecule has 0 aliphatic carbocycles. The summed E-state index contributed by atoms with van der Waals surface area (Å²) in [6, 6.07) is 1.72. The number of halogens is 1. The van der Waals surface area contributed by atoms with Crippen LogP contribution in [0.25, 0.3) is 0 Å². The standard InChI is InChI=1S/C9H14ClN3/c1-6-11-7(10)5-8(12-6)13-9(2,3)4/h5H,1-4H3,(H,11,12,13). The minimum atomic E-state index is -0.00980. The number of aryl methyl sites for hydroxylation is 1. The molecule has 1 N–H and O–H groups in total. The van der Waals surface area contributed by atoms with Crippen LogP contribution in [-0.4, -0.2) is 15.5 Å². The maximum atomic E-state index is 5.79. The largest absolute Gasteiger partial charge is 0.365 e. The van der Waals surface area contributed by atoms with E-state index in [9.17, 15) is 0 Å². The lowest BCUT2D eigenvalue weighted by Crippen LogP contribution is -2.26. The monoisotopic (exact) mass is 199 g/mol. The Bertz CT molecular complexity index is 284. The topological polar surface area (TPSA) is 37.8 Å². The van der Waals surface area contributed by atoms with Crippen molar-refractivity contribution < 1.29 is 0 Å². The number of hydrogen-bond acceptors (Lipinski definition) is 3. The molecule has 3 nitrogen and oxygen atoms in total. The Morgan fingerprint density at radius 3 is 2.38 bits per heavy atom. The van der Waals surface area contributed by atoms with Crippen LogP contribution >= 0.6 is 11.6 Å². The summed E-state index contributed by atoms with van der Waals surface area (Å²) in [6.45, 7) is 8.02. The molecule has 0 bridgehead atoms. The van der Waals surface area contributed by atoms with Crippen LogP contribution in [0.4, 0.5) is 5.82 Å². The molecule has 1 heterocycles. The van der Waals surface area contributed by atoms with Crippen LogP contribution in [0.3, 0.4) is 0 Å². The third-order valence-corrected chi connectivity index (χ3v) is 1.50. The molecular formula is C9H14ClN3. The average Bonchev–Trinajstić information content (AvgIpc) is 1.78. The molecule has 72 valence electrons. The minimum absolute atomic E-state index is 0.00980. The predicted octanol–water partition coefficient (Wildman–Crippen LogP) is 2.65. The third kappa shape index (κ3) is 3.59. The molecule has 0 aliphatic rings. The zero-order valence-electron chi connectivity index (χ0n) is 8.35. The smallest absolute Gasteiger partial charge is 0.134 e. The summed E-state index contributed by atoms with van der Waals surface area (Å²) in [5.74, 6) is 1.45. The van der Waals surface area contributed by atoms with Crippen molar-refractivity contribution in [2.45, 2.75) is 33.2 Å². The fourth-order valence-corrected chi connectivity index (χ4v) is 1.21. The van der Waals surface area contributed by atoms with Gasteiger partial charge in [-0.05, 0) is 27.7 Å². The highest BCUT2D eigenvalue weighted by molar-refractivity contribution is 6.29. The lowest BCUT2D eigenvalue weighted by molar-refractivity contribution is 0.629. The molecule has 0 aliphatic heterocycles. The maximum absolute atomic E-state index is 5.79. The van der Waals surface area contributed by atoms with Crippen molar-refractivity contribution in [1.29, 1.82) is 0 Å². The Kier molecular flexibility index (Phi) is 2.76. The number of hydrogen-bond donors (Lipinski definition) is 1. The summed E-state index contributed by atoms with van der Waals surface area (Å²) in [6.07, 6.45) is 0. The molecule has 13 heavy (non-hydrogen) atoms. The Morgan fingerprint density at radius 1 is 1.31 bits per heavy atom. The van der Waals surface area contributed by atoms with Crippen molar-refractivity contribution in [2.75, 3.05) is 5.32 Å². The van der Waals surface area contributed by atoms with Gasteiger partial charge in [0.25, 0.3) is 0 Å². The molecule has 0 fully saturated rings. The molecule has 4 heteroatoms. The highest BCUT2D eigenvalue weighted by Crippen LogP contribution is 2.15. The van der Waals surface area contributed by atoms with E-state index in [0.717, 1.165) is 5.82 Å². The molecular weight excluding hydrogens is 186 g/mol. The maximum Gasteiger partial charge on any atom is 0.134 e. The Labute approximate surface area is 83.5 Å². The van der Waals surface area contributed by atoms with Crippen molar-refractivity contribution in [1.82, 2.24) is 9.97 Å². The van der Waals surface area contributed by atoms with Gasteiger partial charge in [-0.1, -0.05) is 11.6 Å². The Morgan fingerprint density at radius 2 is 1.92 bits per heavy atom. The highest BCUT2D eigenvalue weighted by atomic mass is 35.5. The van der Waals surface area contributed by atoms with Gasteiger partial charge in [-0.2, -0.15) is 0 Å². The van der Waals surface area contributed by atoms with Gasteiger partial charge in [-0.25, -0.2) is 9.97 Å². The lowest BCUT2D eigenvalue weighted by Gasteiger charge is -2.21. The first-order valence-electron chi connectivity index (χ1n) is 4.16. The van der Waals surface area contributed by atoms with Crippen LogP contribution in [0.1, 0.15) is 26.6 Å². The van der Waals surface area contributed by atoms with E-state index in [2.05, 4.69) is 36.1 Å². The van der Waals surface area contributed by atoms with Gasteiger partial charge in [0.05, 0.1) is 0 Å². The molecule has 0 spiro atoms. The van der Waals surface area contributed by atoms with E-state index in [1.165, 1.54) is 0 Å². The number of anilines is 1. The lowest BCUT2D eigenvalue weighted by atomic mass is 10.1. The van der Waals surface area contributed by atoms with Gasteiger partial charge in [0.15, 0.2) is 0 Å². The molecule has 1 rings (SSSR count). The van der Waals surface area contributed by atoms with Gasteiger partial charge in [-0.3, -0.25) is 0 Å². The van der Waals surface area contributed by atoms with Crippen LogP contribution in [-0.2, 0) is 0 Å². The summed E-state index contributed by atoms with van der Waals surface area (Å²) in [5, 5.41) is 3.70. The Balaban J connectivity index is 2.90. The summed E-state index contributed by atoms with van der Waals surface area (Å²) < 4.78 is 0. The van der Waals surface area contributed by atoms with E-state index in [0.29, 0.717) is 11.0 Å².